The molecule has 1 unspecified atom stereocenters. The molecule has 1 heterocycles. The highest BCUT2D eigenvalue weighted by Crippen LogP contribution is 2.26. The minimum absolute atomic E-state index is 0.120. The summed E-state index contributed by atoms with van der Waals surface area (Å²) in [6, 6.07) is 16.1. The maximum atomic E-state index is 6.03. The van der Waals surface area contributed by atoms with E-state index in [2.05, 4.69) is 11.1 Å². The second-order valence-electron chi connectivity index (χ2n) is 5.95. The van der Waals surface area contributed by atoms with Crippen LogP contribution in [0.15, 0.2) is 54.7 Å². The summed E-state index contributed by atoms with van der Waals surface area (Å²) < 4.78 is 11.5. The number of pyridine rings is 1. The molecule has 4 heteroatoms. The Kier molecular flexibility index (Phi) is 4.96. The van der Waals surface area contributed by atoms with Crippen LogP contribution in [0.2, 0.25) is 0 Å². The van der Waals surface area contributed by atoms with Gasteiger partial charge in [0.2, 0.25) is 0 Å². The van der Waals surface area contributed by atoms with Crippen LogP contribution >= 0.6 is 0 Å². The van der Waals surface area contributed by atoms with Crippen LogP contribution < -0.4 is 15.2 Å². The largest absolute Gasteiger partial charge is 0.496 e. The highest BCUT2D eigenvalue weighted by atomic mass is 16.5. The third-order valence-electron chi connectivity index (χ3n) is 3.88. The fourth-order valence-electron chi connectivity index (χ4n) is 2.79. The summed E-state index contributed by atoms with van der Waals surface area (Å²) in [7, 11) is 1.67. The summed E-state index contributed by atoms with van der Waals surface area (Å²) in [5.41, 5.74) is 8.95. The van der Waals surface area contributed by atoms with Gasteiger partial charge in [-0.05, 0) is 43.2 Å². The Labute approximate surface area is 142 Å². The van der Waals surface area contributed by atoms with Gasteiger partial charge in [-0.1, -0.05) is 24.3 Å². The van der Waals surface area contributed by atoms with E-state index in [9.17, 15) is 0 Å². The zero-order chi connectivity index (χ0) is 16.9. The number of hydrogen-bond donors (Lipinski definition) is 1. The molecule has 1 aromatic heterocycles. The zero-order valence-corrected chi connectivity index (χ0v) is 14.0. The number of nitrogens with two attached hydrogens (primary N) is 1. The third-order valence-corrected chi connectivity index (χ3v) is 3.88. The fourth-order valence-corrected chi connectivity index (χ4v) is 2.79. The Bertz CT molecular complexity index is 825. The molecule has 0 amide bonds. The normalized spacial score (nSPS) is 12.1. The van der Waals surface area contributed by atoms with E-state index in [0.717, 1.165) is 34.4 Å². The van der Waals surface area contributed by atoms with Crippen LogP contribution in [0.3, 0.4) is 0 Å². The molecular weight excluding hydrogens is 300 g/mol. The second kappa shape index (κ2) is 7.32. The summed E-state index contributed by atoms with van der Waals surface area (Å²) in [6.07, 6.45) is 2.60. The molecule has 0 aliphatic carbocycles. The molecular formula is C20H22N2O2. The summed E-state index contributed by atoms with van der Waals surface area (Å²) >= 11 is 0. The lowest BCUT2D eigenvalue weighted by atomic mass is 10.0. The molecule has 2 aromatic carbocycles. The second-order valence-corrected chi connectivity index (χ2v) is 5.95. The molecule has 3 aromatic rings. The first-order valence-corrected chi connectivity index (χ1v) is 8.05. The summed E-state index contributed by atoms with van der Waals surface area (Å²) in [5, 5.41) is 1.06. The predicted molar refractivity (Wildman–Crippen MR) is 96.4 cm³/mol. The number of methoxy groups -OCH3 is 1. The maximum absolute atomic E-state index is 6.03. The van der Waals surface area contributed by atoms with Gasteiger partial charge in [0.1, 0.15) is 23.6 Å². The van der Waals surface area contributed by atoms with Crippen molar-refractivity contribution in [3.05, 3.63) is 65.9 Å². The van der Waals surface area contributed by atoms with Crippen LogP contribution in [0.1, 0.15) is 18.1 Å². The van der Waals surface area contributed by atoms with Crippen LogP contribution in [0.5, 0.6) is 11.5 Å². The molecule has 3 rings (SSSR count). The zero-order valence-electron chi connectivity index (χ0n) is 14.0. The van der Waals surface area contributed by atoms with E-state index in [4.69, 9.17) is 15.2 Å². The monoisotopic (exact) mass is 322 g/mol. The number of nitrogens with zero attached hydrogens (tertiary/aromatic N) is 1. The topological polar surface area (TPSA) is 57.4 Å². The van der Waals surface area contributed by atoms with Gasteiger partial charge in [0.05, 0.1) is 7.11 Å². The highest BCUT2D eigenvalue weighted by molar-refractivity contribution is 5.84. The summed E-state index contributed by atoms with van der Waals surface area (Å²) in [5.74, 6) is 1.59. The van der Waals surface area contributed by atoms with E-state index in [1.165, 1.54) is 5.56 Å². The molecule has 0 fully saturated rings. The molecule has 0 saturated carbocycles. The quantitative estimate of drug-likeness (QED) is 0.751. The van der Waals surface area contributed by atoms with Gasteiger partial charge in [0, 0.05) is 23.2 Å². The van der Waals surface area contributed by atoms with Crippen LogP contribution in [-0.2, 0) is 13.0 Å². The first kappa shape index (κ1) is 16.3. The van der Waals surface area contributed by atoms with Gasteiger partial charge >= 0.3 is 0 Å². The molecule has 0 spiro atoms. The van der Waals surface area contributed by atoms with Crippen molar-refractivity contribution in [3.63, 3.8) is 0 Å². The van der Waals surface area contributed by atoms with Crippen molar-refractivity contribution in [2.24, 2.45) is 5.73 Å². The molecule has 0 bridgehead atoms. The van der Waals surface area contributed by atoms with Gasteiger partial charge in [-0.25, -0.2) is 0 Å². The summed E-state index contributed by atoms with van der Waals surface area (Å²) in [6.45, 7) is 2.42. The number of aromatic nitrogens is 1. The number of hydrogen-bond acceptors (Lipinski definition) is 4. The highest BCUT2D eigenvalue weighted by Gasteiger charge is 2.09. The number of fused-ring (bicyclic) bond motifs is 1. The van der Waals surface area contributed by atoms with Crippen molar-refractivity contribution < 1.29 is 9.47 Å². The lowest BCUT2D eigenvalue weighted by molar-refractivity contribution is 0.299. The Balaban J connectivity index is 1.85. The fraction of sp³-hybridized carbons (Fsp3) is 0.250. The molecule has 0 saturated heterocycles. The van der Waals surface area contributed by atoms with Crippen molar-refractivity contribution in [2.45, 2.75) is 26.0 Å². The number of ether oxygens (including phenoxy) is 2. The molecule has 1 atom stereocenters. The van der Waals surface area contributed by atoms with Gasteiger partial charge in [0.15, 0.2) is 0 Å². The first-order valence-electron chi connectivity index (χ1n) is 8.05. The smallest absolute Gasteiger partial charge is 0.146 e. The molecule has 0 aliphatic rings. The molecule has 24 heavy (non-hydrogen) atoms. The van der Waals surface area contributed by atoms with Crippen molar-refractivity contribution in [1.82, 2.24) is 4.98 Å². The van der Waals surface area contributed by atoms with Gasteiger partial charge in [-0.15, -0.1) is 0 Å². The molecule has 2 N–H and O–H groups in total. The van der Waals surface area contributed by atoms with Gasteiger partial charge < -0.3 is 15.2 Å². The molecule has 4 nitrogen and oxygen atoms in total. The Morgan fingerprint density at radius 2 is 1.92 bits per heavy atom. The van der Waals surface area contributed by atoms with Gasteiger partial charge in [0.25, 0.3) is 0 Å². The molecule has 0 radical (unpaired) electrons. The van der Waals surface area contributed by atoms with E-state index in [1.54, 1.807) is 13.3 Å². The number of rotatable bonds is 6. The van der Waals surface area contributed by atoms with Crippen LogP contribution in [-0.4, -0.2) is 18.1 Å². The van der Waals surface area contributed by atoms with Crippen molar-refractivity contribution in [1.29, 1.82) is 0 Å². The lowest BCUT2D eigenvalue weighted by Gasteiger charge is -2.14. The van der Waals surface area contributed by atoms with Crippen molar-refractivity contribution >= 4 is 10.9 Å². The minimum Gasteiger partial charge on any atom is -0.496 e. The Morgan fingerprint density at radius 3 is 2.71 bits per heavy atom. The average Bonchev–Trinajstić information content (AvgIpc) is 2.59. The van der Waals surface area contributed by atoms with Crippen molar-refractivity contribution in [3.8, 4) is 11.5 Å². The van der Waals surface area contributed by atoms with Crippen LogP contribution in [0.25, 0.3) is 10.9 Å². The van der Waals surface area contributed by atoms with E-state index >= 15 is 0 Å². The first-order chi connectivity index (χ1) is 11.7. The van der Waals surface area contributed by atoms with Crippen LogP contribution in [0.4, 0.5) is 0 Å². The average molecular weight is 322 g/mol. The van der Waals surface area contributed by atoms with Gasteiger partial charge in [-0.3, -0.25) is 4.98 Å². The Hall–Kier alpha value is -2.59. The van der Waals surface area contributed by atoms with E-state index in [1.807, 2.05) is 49.4 Å². The third kappa shape index (κ3) is 3.66. The number of benzene rings is 2. The minimum atomic E-state index is 0.120. The number of para-hydroxylation sites is 1. The Morgan fingerprint density at radius 1 is 1.08 bits per heavy atom. The van der Waals surface area contributed by atoms with E-state index in [0.29, 0.717) is 6.61 Å². The summed E-state index contributed by atoms with van der Waals surface area (Å²) in [4.78, 5) is 4.42. The predicted octanol–water partition coefficient (Wildman–Crippen LogP) is 3.71. The SMILES string of the molecule is COc1ccc(CC(C)N)cc1COc1cccc2cccnc12. The van der Waals surface area contributed by atoms with E-state index < -0.39 is 0 Å². The van der Waals surface area contributed by atoms with Gasteiger partial charge in [-0.2, -0.15) is 0 Å². The molecule has 124 valence electrons. The van der Waals surface area contributed by atoms with E-state index in [-0.39, 0.29) is 6.04 Å². The standard InChI is InChI=1S/C20H22N2O2/c1-14(21)11-15-8-9-18(23-2)17(12-15)13-24-19-7-3-5-16-6-4-10-22-20(16)19/h3-10,12,14H,11,13,21H2,1-2H3. The maximum Gasteiger partial charge on any atom is 0.146 e. The van der Waals surface area contributed by atoms with Crippen LogP contribution in [0, 0.1) is 0 Å². The van der Waals surface area contributed by atoms with Crippen molar-refractivity contribution in [2.75, 3.05) is 7.11 Å². The molecule has 0 aliphatic heterocycles. The lowest BCUT2D eigenvalue weighted by Crippen LogP contribution is -2.17.